The first kappa shape index (κ1) is 12.1. The Morgan fingerprint density at radius 1 is 1.20 bits per heavy atom. The predicted octanol–water partition coefficient (Wildman–Crippen LogP) is 2.92. The van der Waals surface area contributed by atoms with E-state index in [4.69, 9.17) is 5.73 Å². The highest BCUT2D eigenvalue weighted by molar-refractivity contribution is 5.38. The van der Waals surface area contributed by atoms with Crippen molar-refractivity contribution in [2.24, 2.45) is 0 Å². The fourth-order valence-corrected chi connectivity index (χ4v) is 1.77. The van der Waals surface area contributed by atoms with Crippen LogP contribution >= 0.6 is 0 Å². The van der Waals surface area contributed by atoms with Gasteiger partial charge in [-0.25, -0.2) is 4.98 Å². The molecule has 86 valence electrons. The van der Waals surface area contributed by atoms with Crippen LogP contribution in [0.2, 0.25) is 0 Å². The maximum Gasteiger partial charge on any atom is 0.126 e. The van der Waals surface area contributed by atoms with E-state index in [-0.39, 0.29) is 0 Å². The lowest BCUT2D eigenvalue weighted by Crippen LogP contribution is -2.05. The Bertz CT molecular complexity index is 302. The van der Waals surface area contributed by atoms with Crippen LogP contribution in [0.5, 0.6) is 0 Å². The third-order valence-corrected chi connectivity index (χ3v) is 2.78. The fourth-order valence-electron chi connectivity index (χ4n) is 1.77. The number of unbranched alkanes of at least 4 members (excludes halogenated alkanes) is 2. The molecule has 1 heterocycles. The van der Waals surface area contributed by atoms with Crippen molar-refractivity contribution in [3.63, 3.8) is 0 Å². The number of nitrogen functional groups attached to an aromatic ring is 1. The maximum atomic E-state index is 6.09. The van der Waals surface area contributed by atoms with E-state index in [0.29, 0.717) is 0 Å². The standard InChI is InChI=1S/C12H23N3/c1-4-6-8-11-12(13)15(9-7-5-2)10(3)14-11/h4-9,13H2,1-3H3. The van der Waals surface area contributed by atoms with E-state index < -0.39 is 0 Å². The molecule has 0 aromatic carbocycles. The van der Waals surface area contributed by atoms with Crippen molar-refractivity contribution in [3.8, 4) is 0 Å². The highest BCUT2D eigenvalue weighted by Crippen LogP contribution is 2.17. The zero-order chi connectivity index (χ0) is 11.3. The van der Waals surface area contributed by atoms with Crippen molar-refractivity contribution in [1.82, 2.24) is 9.55 Å². The summed E-state index contributed by atoms with van der Waals surface area (Å²) in [6, 6.07) is 0. The monoisotopic (exact) mass is 209 g/mol. The summed E-state index contributed by atoms with van der Waals surface area (Å²) in [6.07, 6.45) is 5.76. The Morgan fingerprint density at radius 2 is 1.87 bits per heavy atom. The fraction of sp³-hybridized carbons (Fsp3) is 0.750. The molecule has 1 rings (SSSR count). The molecule has 0 aliphatic carbocycles. The number of hydrogen-bond acceptors (Lipinski definition) is 2. The Kier molecular flexibility index (Phi) is 4.66. The van der Waals surface area contributed by atoms with Gasteiger partial charge in [0.15, 0.2) is 0 Å². The lowest BCUT2D eigenvalue weighted by Gasteiger charge is -2.06. The number of aromatic nitrogens is 2. The summed E-state index contributed by atoms with van der Waals surface area (Å²) in [5.74, 6) is 1.95. The zero-order valence-corrected chi connectivity index (χ0v) is 10.2. The van der Waals surface area contributed by atoms with Gasteiger partial charge in [0.1, 0.15) is 11.6 Å². The maximum absolute atomic E-state index is 6.09. The molecule has 0 aliphatic heterocycles. The van der Waals surface area contributed by atoms with E-state index in [9.17, 15) is 0 Å². The second-order valence-electron chi connectivity index (χ2n) is 4.10. The summed E-state index contributed by atoms with van der Waals surface area (Å²) < 4.78 is 2.15. The SMILES string of the molecule is CCCCc1nc(C)n(CCCC)c1N. The van der Waals surface area contributed by atoms with Gasteiger partial charge in [0.25, 0.3) is 0 Å². The van der Waals surface area contributed by atoms with Crippen molar-refractivity contribution in [3.05, 3.63) is 11.5 Å². The summed E-state index contributed by atoms with van der Waals surface area (Å²) >= 11 is 0. The molecule has 0 spiro atoms. The minimum absolute atomic E-state index is 0.884. The van der Waals surface area contributed by atoms with Gasteiger partial charge in [-0.2, -0.15) is 0 Å². The predicted molar refractivity (Wildman–Crippen MR) is 64.9 cm³/mol. The van der Waals surface area contributed by atoms with Gasteiger partial charge in [0, 0.05) is 6.54 Å². The van der Waals surface area contributed by atoms with Crippen LogP contribution in [0.3, 0.4) is 0 Å². The molecule has 0 amide bonds. The van der Waals surface area contributed by atoms with Crippen LogP contribution in [0.15, 0.2) is 0 Å². The average Bonchev–Trinajstić information content (AvgIpc) is 2.49. The second-order valence-corrected chi connectivity index (χ2v) is 4.10. The lowest BCUT2D eigenvalue weighted by molar-refractivity contribution is 0.622. The largest absolute Gasteiger partial charge is 0.384 e. The molecule has 0 radical (unpaired) electrons. The van der Waals surface area contributed by atoms with Crippen LogP contribution in [-0.2, 0) is 13.0 Å². The lowest BCUT2D eigenvalue weighted by atomic mass is 10.2. The molecular weight excluding hydrogens is 186 g/mol. The molecule has 0 saturated carbocycles. The van der Waals surface area contributed by atoms with Crippen molar-refractivity contribution < 1.29 is 0 Å². The van der Waals surface area contributed by atoms with E-state index in [2.05, 4.69) is 23.4 Å². The number of imidazole rings is 1. The van der Waals surface area contributed by atoms with Gasteiger partial charge in [0.2, 0.25) is 0 Å². The van der Waals surface area contributed by atoms with Gasteiger partial charge < -0.3 is 10.3 Å². The highest BCUT2D eigenvalue weighted by Gasteiger charge is 2.10. The minimum atomic E-state index is 0.884. The van der Waals surface area contributed by atoms with Crippen molar-refractivity contribution in [2.45, 2.75) is 59.4 Å². The Hall–Kier alpha value is -0.990. The van der Waals surface area contributed by atoms with Crippen LogP contribution in [0.4, 0.5) is 5.82 Å². The Balaban J connectivity index is 2.74. The van der Waals surface area contributed by atoms with Crippen LogP contribution < -0.4 is 5.73 Å². The van der Waals surface area contributed by atoms with Gasteiger partial charge >= 0.3 is 0 Å². The molecule has 3 nitrogen and oxygen atoms in total. The smallest absolute Gasteiger partial charge is 0.126 e. The van der Waals surface area contributed by atoms with Crippen LogP contribution in [0, 0.1) is 6.92 Å². The number of rotatable bonds is 6. The molecule has 15 heavy (non-hydrogen) atoms. The van der Waals surface area contributed by atoms with Crippen molar-refractivity contribution in [2.75, 3.05) is 5.73 Å². The van der Waals surface area contributed by atoms with Gasteiger partial charge in [-0.15, -0.1) is 0 Å². The Labute approximate surface area is 92.7 Å². The van der Waals surface area contributed by atoms with Gasteiger partial charge in [-0.1, -0.05) is 26.7 Å². The van der Waals surface area contributed by atoms with Crippen molar-refractivity contribution in [1.29, 1.82) is 0 Å². The zero-order valence-electron chi connectivity index (χ0n) is 10.2. The summed E-state index contributed by atoms with van der Waals surface area (Å²) in [4.78, 5) is 4.54. The van der Waals surface area contributed by atoms with E-state index in [0.717, 1.165) is 30.3 Å². The topological polar surface area (TPSA) is 43.8 Å². The highest BCUT2D eigenvalue weighted by atomic mass is 15.1. The molecule has 2 N–H and O–H groups in total. The van der Waals surface area contributed by atoms with Gasteiger partial charge in [0.05, 0.1) is 5.69 Å². The molecule has 0 fully saturated rings. The first-order valence-corrected chi connectivity index (χ1v) is 6.02. The molecular formula is C12H23N3. The summed E-state index contributed by atoms with van der Waals surface area (Å²) in [5.41, 5.74) is 7.17. The number of nitrogens with zero attached hydrogens (tertiary/aromatic N) is 2. The molecule has 0 unspecified atom stereocenters. The second kappa shape index (κ2) is 5.79. The average molecular weight is 209 g/mol. The summed E-state index contributed by atoms with van der Waals surface area (Å²) in [5, 5.41) is 0. The quantitative estimate of drug-likeness (QED) is 0.783. The Morgan fingerprint density at radius 3 is 2.47 bits per heavy atom. The minimum Gasteiger partial charge on any atom is -0.384 e. The summed E-state index contributed by atoms with van der Waals surface area (Å²) in [7, 11) is 0. The first-order valence-electron chi connectivity index (χ1n) is 6.02. The van der Waals surface area contributed by atoms with E-state index in [1.54, 1.807) is 0 Å². The molecule has 0 aliphatic rings. The summed E-state index contributed by atoms with van der Waals surface area (Å²) in [6.45, 7) is 7.44. The molecule has 1 aromatic heterocycles. The van der Waals surface area contributed by atoms with E-state index in [1.165, 1.54) is 25.7 Å². The van der Waals surface area contributed by atoms with E-state index >= 15 is 0 Å². The number of hydrogen-bond donors (Lipinski definition) is 1. The first-order chi connectivity index (χ1) is 7.20. The number of aryl methyl sites for hydroxylation is 2. The van der Waals surface area contributed by atoms with Crippen LogP contribution in [-0.4, -0.2) is 9.55 Å². The third kappa shape index (κ3) is 2.98. The van der Waals surface area contributed by atoms with Crippen LogP contribution in [0.25, 0.3) is 0 Å². The van der Waals surface area contributed by atoms with Crippen molar-refractivity contribution >= 4 is 5.82 Å². The molecule has 3 heteroatoms. The van der Waals surface area contributed by atoms with Gasteiger partial charge in [-0.3, -0.25) is 0 Å². The normalized spacial score (nSPS) is 10.9. The third-order valence-electron chi connectivity index (χ3n) is 2.78. The van der Waals surface area contributed by atoms with E-state index in [1.807, 2.05) is 6.92 Å². The molecule has 0 saturated heterocycles. The molecule has 1 aromatic rings. The number of nitrogens with two attached hydrogens (primary N) is 1. The molecule has 0 atom stereocenters. The number of anilines is 1. The van der Waals surface area contributed by atoms with Crippen LogP contribution in [0.1, 0.15) is 51.0 Å². The van der Waals surface area contributed by atoms with Gasteiger partial charge in [-0.05, 0) is 26.2 Å². The molecule has 0 bridgehead atoms.